The lowest BCUT2D eigenvalue weighted by Gasteiger charge is -2.10. The van der Waals surface area contributed by atoms with E-state index in [1.54, 1.807) is 24.3 Å². The number of rotatable bonds is 7. The monoisotopic (exact) mass is 401 g/mol. The number of carbonyl (C=O) groups excluding carboxylic acids is 1. The van der Waals surface area contributed by atoms with Gasteiger partial charge in [-0.15, -0.1) is 0 Å². The quantitative estimate of drug-likeness (QED) is 0.584. The molecule has 0 aromatic heterocycles. The molecule has 0 heterocycles. The van der Waals surface area contributed by atoms with Gasteiger partial charge in [-0.3, -0.25) is 4.79 Å². The number of anilines is 1. The topological polar surface area (TPSA) is 47.6 Å². The summed E-state index contributed by atoms with van der Waals surface area (Å²) < 4.78 is 48.7. The minimum Gasteiger partial charge on any atom is -0.489 e. The highest BCUT2D eigenvalue weighted by atomic mass is 19.4. The lowest BCUT2D eigenvalue weighted by molar-refractivity contribution is -0.137. The third-order valence-electron chi connectivity index (χ3n) is 3.94. The molecule has 1 amide bonds. The standard InChI is InChI=1S/C22H18F3NO3/c23-22(24,25)17-6-8-18(9-7-17)26-21(27)15-29-20-12-10-19(11-13-20)28-14-16-4-2-1-3-5-16/h1-13H,14-15H2,(H,26,27). The third-order valence-corrected chi connectivity index (χ3v) is 3.94. The molecule has 4 nitrogen and oxygen atoms in total. The van der Waals surface area contributed by atoms with Crippen LogP contribution in [0.15, 0.2) is 78.9 Å². The second kappa shape index (κ2) is 9.14. The van der Waals surface area contributed by atoms with E-state index < -0.39 is 17.6 Å². The molecule has 0 unspecified atom stereocenters. The lowest BCUT2D eigenvalue weighted by atomic mass is 10.2. The van der Waals surface area contributed by atoms with E-state index in [0.717, 1.165) is 17.7 Å². The average molecular weight is 401 g/mol. The van der Waals surface area contributed by atoms with Gasteiger partial charge in [0.25, 0.3) is 5.91 Å². The zero-order chi connectivity index (χ0) is 20.7. The number of amides is 1. The fraction of sp³-hybridized carbons (Fsp3) is 0.136. The van der Waals surface area contributed by atoms with E-state index in [1.807, 2.05) is 30.3 Å². The third kappa shape index (κ3) is 6.27. The summed E-state index contributed by atoms with van der Waals surface area (Å²) >= 11 is 0. The zero-order valence-electron chi connectivity index (χ0n) is 15.3. The smallest absolute Gasteiger partial charge is 0.416 e. The van der Waals surface area contributed by atoms with Gasteiger partial charge in [0.15, 0.2) is 6.61 Å². The Bertz CT molecular complexity index is 924. The van der Waals surface area contributed by atoms with Crippen LogP contribution in [0.4, 0.5) is 18.9 Å². The second-order valence-electron chi connectivity index (χ2n) is 6.16. The van der Waals surface area contributed by atoms with Gasteiger partial charge in [0.05, 0.1) is 5.56 Å². The minimum atomic E-state index is -4.41. The van der Waals surface area contributed by atoms with Crippen LogP contribution in [-0.4, -0.2) is 12.5 Å². The number of benzene rings is 3. The molecular weight excluding hydrogens is 383 g/mol. The first kappa shape index (κ1) is 20.3. The Hall–Kier alpha value is -3.48. The summed E-state index contributed by atoms with van der Waals surface area (Å²) in [4.78, 5) is 11.9. The predicted molar refractivity (Wildman–Crippen MR) is 103 cm³/mol. The molecule has 0 fully saturated rings. The maximum atomic E-state index is 12.5. The van der Waals surface area contributed by atoms with Crippen molar-refractivity contribution in [2.45, 2.75) is 12.8 Å². The van der Waals surface area contributed by atoms with Gasteiger partial charge >= 0.3 is 6.18 Å². The van der Waals surface area contributed by atoms with Crippen molar-refractivity contribution in [3.63, 3.8) is 0 Å². The van der Waals surface area contributed by atoms with Crippen LogP contribution in [-0.2, 0) is 17.6 Å². The van der Waals surface area contributed by atoms with Crippen molar-refractivity contribution < 1.29 is 27.4 Å². The summed E-state index contributed by atoms with van der Waals surface area (Å²) in [6.07, 6.45) is -4.41. The Labute approximate surface area is 165 Å². The van der Waals surface area contributed by atoms with Crippen LogP contribution < -0.4 is 14.8 Å². The Morgan fingerprint density at radius 3 is 1.97 bits per heavy atom. The zero-order valence-corrected chi connectivity index (χ0v) is 15.3. The fourth-order valence-electron chi connectivity index (χ4n) is 2.46. The van der Waals surface area contributed by atoms with Crippen LogP contribution in [0.2, 0.25) is 0 Å². The van der Waals surface area contributed by atoms with Crippen molar-refractivity contribution in [3.05, 3.63) is 90.0 Å². The number of halogens is 3. The van der Waals surface area contributed by atoms with Crippen LogP contribution in [0.3, 0.4) is 0 Å². The Morgan fingerprint density at radius 1 is 0.793 bits per heavy atom. The Morgan fingerprint density at radius 2 is 1.38 bits per heavy atom. The first-order valence-corrected chi connectivity index (χ1v) is 8.77. The number of alkyl halides is 3. The normalized spacial score (nSPS) is 11.0. The molecule has 0 aliphatic heterocycles. The van der Waals surface area contributed by atoms with E-state index in [0.29, 0.717) is 18.1 Å². The SMILES string of the molecule is O=C(COc1ccc(OCc2ccccc2)cc1)Nc1ccc(C(F)(F)F)cc1. The van der Waals surface area contributed by atoms with Crippen molar-refractivity contribution in [2.75, 3.05) is 11.9 Å². The summed E-state index contributed by atoms with van der Waals surface area (Å²) in [6.45, 7) is 0.168. The molecule has 0 bridgehead atoms. The number of hydrogen-bond acceptors (Lipinski definition) is 3. The van der Waals surface area contributed by atoms with Gasteiger partial charge in [-0.2, -0.15) is 13.2 Å². The molecule has 0 radical (unpaired) electrons. The van der Waals surface area contributed by atoms with Crippen LogP contribution >= 0.6 is 0 Å². The van der Waals surface area contributed by atoms with E-state index in [-0.39, 0.29) is 12.3 Å². The Balaban J connectivity index is 1.45. The summed E-state index contributed by atoms with van der Waals surface area (Å²) in [6, 6.07) is 20.7. The minimum absolute atomic E-state index is 0.260. The highest BCUT2D eigenvalue weighted by molar-refractivity contribution is 5.91. The highest BCUT2D eigenvalue weighted by Gasteiger charge is 2.29. The van der Waals surface area contributed by atoms with Crippen LogP contribution in [0.1, 0.15) is 11.1 Å². The molecule has 7 heteroatoms. The summed E-state index contributed by atoms with van der Waals surface area (Å²) in [5.74, 6) is 0.657. The molecule has 3 aromatic rings. The molecule has 0 spiro atoms. The average Bonchev–Trinajstić information content (AvgIpc) is 2.72. The van der Waals surface area contributed by atoms with Gasteiger partial charge in [-0.05, 0) is 54.1 Å². The van der Waals surface area contributed by atoms with Crippen LogP contribution in [0, 0.1) is 0 Å². The first-order chi connectivity index (χ1) is 13.9. The van der Waals surface area contributed by atoms with Crippen LogP contribution in [0.25, 0.3) is 0 Å². The van der Waals surface area contributed by atoms with E-state index in [2.05, 4.69) is 5.32 Å². The van der Waals surface area contributed by atoms with E-state index in [4.69, 9.17) is 9.47 Å². The summed E-state index contributed by atoms with van der Waals surface area (Å²) in [5, 5.41) is 2.48. The number of nitrogens with one attached hydrogen (secondary N) is 1. The van der Waals surface area contributed by atoms with E-state index >= 15 is 0 Å². The predicted octanol–water partition coefficient (Wildman–Crippen LogP) is 5.30. The van der Waals surface area contributed by atoms with Crippen molar-refractivity contribution in [3.8, 4) is 11.5 Å². The number of hydrogen-bond donors (Lipinski definition) is 1. The number of ether oxygens (including phenoxy) is 2. The molecule has 29 heavy (non-hydrogen) atoms. The van der Waals surface area contributed by atoms with Crippen molar-refractivity contribution in [1.29, 1.82) is 0 Å². The van der Waals surface area contributed by atoms with E-state index in [9.17, 15) is 18.0 Å². The molecule has 3 rings (SSSR count). The molecular formula is C22H18F3NO3. The highest BCUT2D eigenvalue weighted by Crippen LogP contribution is 2.29. The molecule has 1 N–H and O–H groups in total. The van der Waals surface area contributed by atoms with Crippen molar-refractivity contribution in [1.82, 2.24) is 0 Å². The molecule has 0 aliphatic rings. The maximum Gasteiger partial charge on any atom is 0.416 e. The first-order valence-electron chi connectivity index (χ1n) is 8.77. The van der Waals surface area contributed by atoms with E-state index in [1.165, 1.54) is 12.1 Å². The largest absolute Gasteiger partial charge is 0.489 e. The molecule has 0 atom stereocenters. The van der Waals surface area contributed by atoms with Gasteiger partial charge in [0.1, 0.15) is 18.1 Å². The van der Waals surface area contributed by atoms with Gasteiger partial charge < -0.3 is 14.8 Å². The molecule has 3 aromatic carbocycles. The fourth-order valence-corrected chi connectivity index (χ4v) is 2.46. The number of carbonyl (C=O) groups is 1. The molecule has 150 valence electrons. The summed E-state index contributed by atoms with van der Waals surface area (Å²) in [5.41, 5.74) is 0.533. The van der Waals surface area contributed by atoms with Gasteiger partial charge in [0, 0.05) is 5.69 Å². The van der Waals surface area contributed by atoms with Crippen molar-refractivity contribution >= 4 is 11.6 Å². The molecule has 0 aliphatic carbocycles. The van der Waals surface area contributed by atoms with Crippen LogP contribution in [0.5, 0.6) is 11.5 Å². The maximum absolute atomic E-state index is 12.5. The molecule has 0 saturated heterocycles. The molecule has 0 saturated carbocycles. The van der Waals surface area contributed by atoms with Gasteiger partial charge in [-0.25, -0.2) is 0 Å². The van der Waals surface area contributed by atoms with Crippen molar-refractivity contribution in [2.24, 2.45) is 0 Å². The van der Waals surface area contributed by atoms with Gasteiger partial charge in [0.2, 0.25) is 0 Å². The Kier molecular flexibility index (Phi) is 6.39. The summed E-state index contributed by atoms with van der Waals surface area (Å²) in [7, 11) is 0. The lowest BCUT2D eigenvalue weighted by Crippen LogP contribution is -2.20. The second-order valence-corrected chi connectivity index (χ2v) is 6.16. The van der Waals surface area contributed by atoms with Gasteiger partial charge in [-0.1, -0.05) is 30.3 Å².